The Morgan fingerprint density at radius 2 is 1.61 bits per heavy atom. The first-order valence-corrected chi connectivity index (χ1v) is 11.9. The molecule has 1 aliphatic rings. The molecule has 0 amide bonds. The monoisotopic (exact) mass is 387 g/mol. The number of pyridine rings is 1. The maximum atomic E-state index is 12.5. The zero-order chi connectivity index (χ0) is 20.0. The van der Waals surface area contributed by atoms with Gasteiger partial charge >= 0.3 is 5.97 Å². The first-order chi connectivity index (χ1) is 13.7. The van der Waals surface area contributed by atoms with Gasteiger partial charge in [-0.2, -0.15) is 0 Å². The van der Waals surface area contributed by atoms with Crippen LogP contribution in [0.25, 0.3) is 0 Å². The van der Waals surface area contributed by atoms with Crippen LogP contribution >= 0.6 is 0 Å². The summed E-state index contributed by atoms with van der Waals surface area (Å²) in [4.78, 5) is 17.0. The van der Waals surface area contributed by atoms with Crippen molar-refractivity contribution in [2.45, 2.75) is 110 Å². The highest BCUT2D eigenvalue weighted by molar-refractivity contribution is 5.75. The highest BCUT2D eigenvalue weighted by Gasteiger charge is 2.27. The zero-order valence-electron chi connectivity index (χ0n) is 18.3. The van der Waals surface area contributed by atoms with Crippen LogP contribution in [-0.2, 0) is 11.2 Å². The summed E-state index contributed by atoms with van der Waals surface area (Å²) in [6.45, 7) is 4.50. The molecule has 3 heteroatoms. The minimum absolute atomic E-state index is 0.0569. The number of nitrogens with zero attached hydrogens (tertiary/aromatic N) is 1. The summed E-state index contributed by atoms with van der Waals surface area (Å²) in [5.41, 5.74) is 1.10. The second-order valence-electron chi connectivity index (χ2n) is 8.64. The smallest absolute Gasteiger partial charge is 0.314 e. The van der Waals surface area contributed by atoms with Crippen LogP contribution in [0.5, 0.6) is 5.75 Å². The van der Waals surface area contributed by atoms with E-state index in [-0.39, 0.29) is 11.9 Å². The zero-order valence-corrected chi connectivity index (χ0v) is 18.3. The number of unbranched alkanes of at least 4 members (excludes halogenated alkanes) is 7. The van der Waals surface area contributed by atoms with Crippen LogP contribution in [0.1, 0.15) is 109 Å². The van der Waals surface area contributed by atoms with Gasteiger partial charge in [-0.05, 0) is 56.6 Å². The fourth-order valence-electron chi connectivity index (χ4n) is 4.27. The molecule has 0 saturated heterocycles. The number of carbonyl (C=O) groups excluding carboxylic acids is 1. The van der Waals surface area contributed by atoms with Crippen molar-refractivity contribution in [3.05, 3.63) is 24.0 Å². The Morgan fingerprint density at radius 1 is 0.929 bits per heavy atom. The molecule has 0 atom stereocenters. The number of carbonyl (C=O) groups is 1. The number of esters is 1. The van der Waals surface area contributed by atoms with Crippen LogP contribution in [0, 0.1) is 11.8 Å². The molecule has 0 aliphatic heterocycles. The molecule has 1 aromatic heterocycles. The van der Waals surface area contributed by atoms with Gasteiger partial charge in [-0.1, -0.05) is 71.6 Å². The summed E-state index contributed by atoms with van der Waals surface area (Å²) in [6, 6.07) is 3.92. The number of ether oxygens (including phenoxy) is 1. The SMILES string of the molecule is CCCCCCCc1ccc(OC(=O)[C@H]2CC[C@H](CCCCCC)CC2)cn1. The number of aryl methyl sites for hydroxylation is 1. The molecule has 0 unspecified atom stereocenters. The molecule has 1 heterocycles. The fourth-order valence-corrected chi connectivity index (χ4v) is 4.27. The van der Waals surface area contributed by atoms with Gasteiger partial charge in [0.05, 0.1) is 12.1 Å². The third-order valence-corrected chi connectivity index (χ3v) is 6.20. The van der Waals surface area contributed by atoms with Crippen molar-refractivity contribution in [2.75, 3.05) is 0 Å². The van der Waals surface area contributed by atoms with Gasteiger partial charge in [0.2, 0.25) is 0 Å². The molecule has 3 nitrogen and oxygen atoms in total. The van der Waals surface area contributed by atoms with Crippen molar-refractivity contribution in [3.63, 3.8) is 0 Å². The third-order valence-electron chi connectivity index (χ3n) is 6.20. The van der Waals surface area contributed by atoms with Crippen molar-refractivity contribution in [2.24, 2.45) is 11.8 Å². The molecule has 0 bridgehead atoms. The van der Waals surface area contributed by atoms with Gasteiger partial charge in [-0.25, -0.2) is 0 Å². The Labute approximate surface area is 172 Å². The summed E-state index contributed by atoms with van der Waals surface area (Å²) in [6.07, 6.45) is 20.1. The number of rotatable bonds is 13. The maximum Gasteiger partial charge on any atom is 0.314 e. The predicted molar refractivity (Wildman–Crippen MR) is 117 cm³/mol. The van der Waals surface area contributed by atoms with Crippen LogP contribution in [0.4, 0.5) is 0 Å². The lowest BCUT2D eigenvalue weighted by molar-refractivity contribution is -0.140. The summed E-state index contributed by atoms with van der Waals surface area (Å²) in [7, 11) is 0. The van der Waals surface area contributed by atoms with Crippen molar-refractivity contribution < 1.29 is 9.53 Å². The van der Waals surface area contributed by atoms with Crippen LogP contribution in [-0.4, -0.2) is 11.0 Å². The largest absolute Gasteiger partial charge is 0.425 e. The average molecular weight is 388 g/mol. The Morgan fingerprint density at radius 3 is 2.25 bits per heavy atom. The van der Waals surface area contributed by atoms with E-state index in [2.05, 4.69) is 18.8 Å². The summed E-state index contributed by atoms with van der Waals surface area (Å²) in [5, 5.41) is 0. The molecule has 0 N–H and O–H groups in total. The van der Waals surface area contributed by atoms with Crippen LogP contribution in [0.15, 0.2) is 18.3 Å². The van der Waals surface area contributed by atoms with Gasteiger partial charge in [0.15, 0.2) is 0 Å². The molecule has 28 heavy (non-hydrogen) atoms. The molecule has 158 valence electrons. The molecular weight excluding hydrogens is 346 g/mol. The van der Waals surface area contributed by atoms with E-state index in [1.54, 1.807) is 6.20 Å². The standard InChI is InChI=1S/C25H41NO2/c1-3-5-7-9-11-13-23-18-19-24(20-26-23)28-25(27)22-16-14-21(15-17-22)12-10-8-6-4-2/h18-22H,3-17H2,1-2H3/t21-,22-. The Kier molecular flexibility index (Phi) is 11.2. The van der Waals surface area contributed by atoms with E-state index in [0.29, 0.717) is 5.75 Å². The van der Waals surface area contributed by atoms with Gasteiger partial charge in [-0.15, -0.1) is 0 Å². The molecule has 0 radical (unpaired) electrons. The molecule has 1 fully saturated rings. The van der Waals surface area contributed by atoms with Crippen LogP contribution < -0.4 is 4.74 Å². The summed E-state index contributed by atoms with van der Waals surface area (Å²) in [5.74, 6) is 1.43. The summed E-state index contributed by atoms with van der Waals surface area (Å²) >= 11 is 0. The topological polar surface area (TPSA) is 39.2 Å². The second-order valence-corrected chi connectivity index (χ2v) is 8.64. The Balaban J connectivity index is 1.64. The first-order valence-electron chi connectivity index (χ1n) is 11.9. The van der Waals surface area contributed by atoms with Crippen molar-refractivity contribution in [1.29, 1.82) is 0 Å². The minimum Gasteiger partial charge on any atom is -0.425 e. The number of hydrogen-bond acceptors (Lipinski definition) is 3. The maximum absolute atomic E-state index is 12.5. The van der Waals surface area contributed by atoms with E-state index in [4.69, 9.17) is 4.74 Å². The molecule has 2 rings (SSSR count). The highest BCUT2D eigenvalue weighted by Crippen LogP contribution is 2.33. The Bertz CT molecular complexity index is 532. The summed E-state index contributed by atoms with van der Waals surface area (Å²) < 4.78 is 5.61. The number of hydrogen-bond donors (Lipinski definition) is 0. The Hall–Kier alpha value is -1.38. The quantitative estimate of drug-likeness (QED) is 0.264. The average Bonchev–Trinajstić information content (AvgIpc) is 2.73. The van der Waals surface area contributed by atoms with E-state index >= 15 is 0 Å². The second kappa shape index (κ2) is 13.7. The fraction of sp³-hybridized carbons (Fsp3) is 0.760. The lowest BCUT2D eigenvalue weighted by Crippen LogP contribution is -2.25. The van der Waals surface area contributed by atoms with Gasteiger partial charge in [-0.3, -0.25) is 9.78 Å². The van der Waals surface area contributed by atoms with E-state index < -0.39 is 0 Å². The van der Waals surface area contributed by atoms with Gasteiger partial charge < -0.3 is 4.74 Å². The molecule has 1 saturated carbocycles. The van der Waals surface area contributed by atoms with Crippen molar-refractivity contribution in [1.82, 2.24) is 4.98 Å². The molecule has 0 spiro atoms. The minimum atomic E-state index is -0.0569. The van der Waals surface area contributed by atoms with Gasteiger partial charge in [0.1, 0.15) is 5.75 Å². The molecule has 0 aromatic carbocycles. The third kappa shape index (κ3) is 8.75. The van der Waals surface area contributed by atoms with E-state index in [1.165, 1.54) is 77.0 Å². The van der Waals surface area contributed by atoms with Gasteiger partial charge in [0, 0.05) is 5.69 Å². The lowest BCUT2D eigenvalue weighted by atomic mass is 9.80. The lowest BCUT2D eigenvalue weighted by Gasteiger charge is -2.27. The predicted octanol–water partition coefficient (Wildman–Crippen LogP) is 7.28. The van der Waals surface area contributed by atoms with Gasteiger partial charge in [0.25, 0.3) is 0 Å². The van der Waals surface area contributed by atoms with Crippen molar-refractivity contribution >= 4 is 5.97 Å². The highest BCUT2D eigenvalue weighted by atomic mass is 16.5. The number of aromatic nitrogens is 1. The normalized spacial score (nSPS) is 19.5. The van der Waals surface area contributed by atoms with E-state index in [1.807, 2.05) is 12.1 Å². The van der Waals surface area contributed by atoms with E-state index in [9.17, 15) is 4.79 Å². The van der Waals surface area contributed by atoms with Crippen LogP contribution in [0.3, 0.4) is 0 Å². The molecule has 1 aromatic rings. The molecular formula is C25H41NO2. The van der Waals surface area contributed by atoms with E-state index in [0.717, 1.165) is 30.9 Å². The molecule has 1 aliphatic carbocycles. The van der Waals surface area contributed by atoms with Crippen LogP contribution in [0.2, 0.25) is 0 Å². The van der Waals surface area contributed by atoms with Crippen molar-refractivity contribution in [3.8, 4) is 5.75 Å². The first kappa shape index (κ1) is 22.9.